The van der Waals surface area contributed by atoms with Crippen LogP contribution in [0.25, 0.3) is 0 Å². The number of rotatable bonds is 4. The van der Waals surface area contributed by atoms with Crippen LogP contribution in [0.1, 0.15) is 36.0 Å². The van der Waals surface area contributed by atoms with Gasteiger partial charge in [0, 0.05) is 18.1 Å². The molecular weight excluding hydrogens is 306 g/mol. The first-order valence-electron chi connectivity index (χ1n) is 6.71. The van der Waals surface area contributed by atoms with Crippen LogP contribution in [0.3, 0.4) is 0 Å². The predicted molar refractivity (Wildman–Crippen MR) is 79.6 cm³/mol. The molecule has 0 radical (unpaired) electrons. The van der Waals surface area contributed by atoms with Gasteiger partial charge in [0.1, 0.15) is 5.75 Å². The molecule has 1 aromatic rings. The number of methoxy groups -OCH3 is 1. The Labute approximate surface area is 123 Å². The maximum atomic E-state index is 12.5. The zero-order chi connectivity index (χ0) is 13.8. The van der Waals surface area contributed by atoms with E-state index in [0.717, 1.165) is 11.0 Å². The van der Waals surface area contributed by atoms with Gasteiger partial charge in [-0.1, -0.05) is 28.8 Å². The fourth-order valence-electron chi connectivity index (χ4n) is 2.71. The third-order valence-electron chi connectivity index (χ3n) is 3.75. The van der Waals surface area contributed by atoms with Crippen LogP contribution in [0.15, 0.2) is 22.7 Å². The lowest BCUT2D eigenvalue weighted by Gasteiger charge is -2.22. The molecule has 4 heteroatoms. The number of benzene rings is 1. The van der Waals surface area contributed by atoms with Gasteiger partial charge in [-0.05, 0) is 37.0 Å². The van der Waals surface area contributed by atoms with Crippen molar-refractivity contribution in [2.75, 3.05) is 20.7 Å². The lowest BCUT2D eigenvalue weighted by Crippen LogP contribution is -2.31. The topological polar surface area (TPSA) is 29.5 Å². The highest BCUT2D eigenvalue weighted by atomic mass is 79.9. The van der Waals surface area contributed by atoms with Gasteiger partial charge >= 0.3 is 0 Å². The molecule has 0 saturated heterocycles. The quantitative estimate of drug-likeness (QED) is 0.844. The van der Waals surface area contributed by atoms with Crippen LogP contribution in [0.4, 0.5) is 0 Å². The first kappa shape index (κ1) is 14.4. The first-order chi connectivity index (χ1) is 9.11. The Bertz CT molecular complexity index is 455. The molecule has 1 amide bonds. The molecule has 1 aliphatic rings. The molecule has 1 saturated carbocycles. The van der Waals surface area contributed by atoms with Gasteiger partial charge < -0.3 is 9.64 Å². The van der Waals surface area contributed by atoms with Crippen molar-refractivity contribution in [3.05, 3.63) is 28.2 Å². The SMILES string of the molecule is COc1cc(Br)ccc1C(=O)N(C)CC1CCCC1. The van der Waals surface area contributed by atoms with Crippen LogP contribution in [0.2, 0.25) is 0 Å². The molecule has 0 atom stereocenters. The van der Waals surface area contributed by atoms with Crippen molar-refractivity contribution in [2.24, 2.45) is 5.92 Å². The Balaban J connectivity index is 2.09. The van der Waals surface area contributed by atoms with Gasteiger partial charge in [-0.3, -0.25) is 4.79 Å². The standard InChI is InChI=1S/C15H20BrNO2/c1-17(10-11-5-3-4-6-11)15(18)13-8-7-12(16)9-14(13)19-2/h7-9,11H,3-6,10H2,1-2H3. The van der Waals surface area contributed by atoms with Crippen molar-refractivity contribution in [1.82, 2.24) is 4.90 Å². The minimum absolute atomic E-state index is 0.0382. The summed E-state index contributed by atoms with van der Waals surface area (Å²) >= 11 is 3.39. The number of carbonyl (C=O) groups is 1. The molecule has 3 nitrogen and oxygen atoms in total. The molecule has 104 valence electrons. The molecule has 0 N–H and O–H groups in total. The summed E-state index contributed by atoms with van der Waals surface area (Å²) in [5, 5.41) is 0. The molecule has 0 unspecified atom stereocenters. The molecule has 0 aromatic heterocycles. The van der Waals surface area contributed by atoms with Crippen molar-refractivity contribution in [3.63, 3.8) is 0 Å². The Morgan fingerprint density at radius 2 is 2.11 bits per heavy atom. The third-order valence-corrected chi connectivity index (χ3v) is 4.24. The Morgan fingerprint density at radius 3 is 2.74 bits per heavy atom. The normalized spacial score (nSPS) is 15.5. The molecule has 19 heavy (non-hydrogen) atoms. The number of carbonyl (C=O) groups excluding carboxylic acids is 1. The second-order valence-electron chi connectivity index (χ2n) is 5.18. The second kappa shape index (κ2) is 6.42. The fourth-order valence-corrected chi connectivity index (χ4v) is 3.05. The molecule has 1 fully saturated rings. The number of hydrogen-bond acceptors (Lipinski definition) is 2. The van der Waals surface area contributed by atoms with Crippen LogP contribution < -0.4 is 4.74 Å². The maximum Gasteiger partial charge on any atom is 0.257 e. The predicted octanol–water partition coefficient (Wildman–Crippen LogP) is 3.72. The van der Waals surface area contributed by atoms with Crippen LogP contribution in [-0.2, 0) is 0 Å². The Hall–Kier alpha value is -1.03. The number of halogens is 1. The summed E-state index contributed by atoms with van der Waals surface area (Å²) in [5.74, 6) is 1.32. The van der Waals surface area contributed by atoms with Crippen LogP contribution in [-0.4, -0.2) is 31.5 Å². The van der Waals surface area contributed by atoms with E-state index in [1.807, 2.05) is 30.1 Å². The highest BCUT2D eigenvalue weighted by molar-refractivity contribution is 9.10. The van der Waals surface area contributed by atoms with Gasteiger partial charge in [-0.2, -0.15) is 0 Å². The summed E-state index contributed by atoms with van der Waals surface area (Å²) in [4.78, 5) is 14.3. The number of nitrogens with zero attached hydrogens (tertiary/aromatic N) is 1. The van der Waals surface area contributed by atoms with Gasteiger partial charge in [0.2, 0.25) is 0 Å². The van der Waals surface area contributed by atoms with E-state index in [1.54, 1.807) is 7.11 Å². The summed E-state index contributed by atoms with van der Waals surface area (Å²) in [6.07, 6.45) is 5.09. The van der Waals surface area contributed by atoms with Gasteiger partial charge in [-0.15, -0.1) is 0 Å². The second-order valence-corrected chi connectivity index (χ2v) is 6.10. The lowest BCUT2D eigenvalue weighted by molar-refractivity contribution is 0.0770. The van der Waals surface area contributed by atoms with E-state index in [2.05, 4.69) is 15.9 Å². The zero-order valence-corrected chi connectivity index (χ0v) is 13.1. The maximum absolute atomic E-state index is 12.5. The van der Waals surface area contributed by atoms with E-state index in [9.17, 15) is 4.79 Å². The summed E-state index contributed by atoms with van der Waals surface area (Å²) in [6, 6.07) is 5.52. The van der Waals surface area contributed by atoms with Crippen LogP contribution in [0, 0.1) is 5.92 Å². The molecule has 0 aliphatic heterocycles. The first-order valence-corrected chi connectivity index (χ1v) is 7.50. The molecule has 1 aliphatic carbocycles. The largest absolute Gasteiger partial charge is 0.496 e. The highest BCUT2D eigenvalue weighted by Gasteiger charge is 2.22. The van der Waals surface area contributed by atoms with E-state index in [0.29, 0.717) is 17.2 Å². The minimum Gasteiger partial charge on any atom is -0.496 e. The van der Waals surface area contributed by atoms with E-state index < -0.39 is 0 Å². The van der Waals surface area contributed by atoms with Crippen molar-refractivity contribution in [3.8, 4) is 5.75 Å². The van der Waals surface area contributed by atoms with Gasteiger partial charge in [-0.25, -0.2) is 0 Å². The number of ether oxygens (including phenoxy) is 1. The average molecular weight is 326 g/mol. The van der Waals surface area contributed by atoms with E-state index in [-0.39, 0.29) is 5.91 Å². The Kier molecular flexibility index (Phi) is 4.86. The summed E-state index contributed by atoms with van der Waals surface area (Å²) < 4.78 is 6.21. The van der Waals surface area contributed by atoms with Crippen molar-refractivity contribution >= 4 is 21.8 Å². The van der Waals surface area contributed by atoms with Crippen molar-refractivity contribution in [2.45, 2.75) is 25.7 Å². The summed E-state index contributed by atoms with van der Waals surface area (Å²) in [5.41, 5.74) is 0.631. The minimum atomic E-state index is 0.0382. The van der Waals surface area contributed by atoms with E-state index >= 15 is 0 Å². The monoisotopic (exact) mass is 325 g/mol. The molecule has 0 spiro atoms. The number of hydrogen-bond donors (Lipinski definition) is 0. The zero-order valence-electron chi connectivity index (χ0n) is 11.5. The average Bonchev–Trinajstić information content (AvgIpc) is 2.90. The summed E-state index contributed by atoms with van der Waals surface area (Å²) in [6.45, 7) is 0.845. The van der Waals surface area contributed by atoms with Crippen molar-refractivity contribution in [1.29, 1.82) is 0 Å². The molecular formula is C15H20BrNO2. The lowest BCUT2D eigenvalue weighted by atomic mass is 10.1. The molecule has 2 rings (SSSR count). The van der Waals surface area contributed by atoms with Crippen molar-refractivity contribution < 1.29 is 9.53 Å². The molecule has 0 heterocycles. The van der Waals surface area contributed by atoms with Crippen LogP contribution in [0.5, 0.6) is 5.75 Å². The third kappa shape index (κ3) is 3.50. The Morgan fingerprint density at radius 1 is 1.42 bits per heavy atom. The van der Waals surface area contributed by atoms with E-state index in [1.165, 1.54) is 25.7 Å². The number of amides is 1. The van der Waals surface area contributed by atoms with Gasteiger partial charge in [0.05, 0.1) is 12.7 Å². The molecule has 0 bridgehead atoms. The van der Waals surface area contributed by atoms with Gasteiger partial charge in [0.15, 0.2) is 0 Å². The van der Waals surface area contributed by atoms with E-state index in [4.69, 9.17) is 4.74 Å². The highest BCUT2D eigenvalue weighted by Crippen LogP contribution is 2.27. The molecule has 1 aromatic carbocycles. The van der Waals surface area contributed by atoms with Crippen LogP contribution >= 0.6 is 15.9 Å². The smallest absolute Gasteiger partial charge is 0.257 e. The summed E-state index contributed by atoms with van der Waals surface area (Å²) in [7, 11) is 3.47. The fraction of sp³-hybridized carbons (Fsp3) is 0.533. The van der Waals surface area contributed by atoms with Gasteiger partial charge in [0.25, 0.3) is 5.91 Å².